The van der Waals surface area contributed by atoms with Gasteiger partial charge in [-0.15, -0.1) is 0 Å². The number of nitrogens with one attached hydrogen (secondary N) is 1. The Morgan fingerprint density at radius 3 is 2.46 bits per heavy atom. The van der Waals surface area contributed by atoms with Crippen LogP contribution in [-0.4, -0.2) is 97.7 Å². The van der Waals surface area contributed by atoms with Crippen molar-refractivity contribution >= 4 is 17.6 Å². The van der Waals surface area contributed by atoms with Crippen LogP contribution in [-0.2, 0) is 27.2 Å². The van der Waals surface area contributed by atoms with Gasteiger partial charge in [0.05, 0.1) is 24.8 Å². The molecule has 2 saturated heterocycles. The van der Waals surface area contributed by atoms with Crippen molar-refractivity contribution in [1.82, 2.24) is 19.7 Å². The van der Waals surface area contributed by atoms with E-state index in [1.807, 2.05) is 48.1 Å². The second kappa shape index (κ2) is 18.3. The number of amides is 2. The number of hydrogen-bond donors (Lipinski definition) is 1. The maximum absolute atomic E-state index is 14.2. The molecule has 0 bridgehead atoms. The van der Waals surface area contributed by atoms with Gasteiger partial charge in [0, 0.05) is 65.4 Å². The summed E-state index contributed by atoms with van der Waals surface area (Å²) < 4.78 is 12.6. The third-order valence-corrected chi connectivity index (χ3v) is 7.75. The first-order chi connectivity index (χ1) is 19.9. The van der Waals surface area contributed by atoms with Crippen molar-refractivity contribution in [3.8, 4) is 0 Å². The van der Waals surface area contributed by atoms with Crippen LogP contribution in [0.1, 0.15) is 100 Å². The van der Waals surface area contributed by atoms with Crippen molar-refractivity contribution in [2.75, 3.05) is 59.7 Å². The number of Topliss-reactive ketones (excluding diaryl/α,β-unsaturated/α-hetero) is 1. The Morgan fingerprint density at radius 2 is 1.80 bits per heavy atom. The fourth-order valence-electron chi connectivity index (χ4n) is 5.93. The molecular weight excluding hydrogens is 520 g/mol. The molecule has 234 valence electrons. The van der Waals surface area contributed by atoms with Crippen molar-refractivity contribution in [1.29, 1.82) is 0 Å². The highest BCUT2D eigenvalue weighted by molar-refractivity contribution is 6.01. The highest BCUT2D eigenvalue weighted by Gasteiger charge is 2.37. The summed E-state index contributed by atoms with van der Waals surface area (Å²) in [4.78, 5) is 44.3. The van der Waals surface area contributed by atoms with Gasteiger partial charge in [-0.1, -0.05) is 41.5 Å². The normalized spacial score (nSPS) is 20.4. The molecule has 1 aliphatic carbocycles. The van der Waals surface area contributed by atoms with Crippen LogP contribution in [0, 0.1) is 11.8 Å². The standard InChI is InChI=1S/C28H44N4O5.2C2H6/c1-20(2)19-32(23-15-22(17-29-18-23)27(34)30-10-13-37-14-11-30)28(35)24-16-21-7-6-8-25(33)26(21)31(24)9-4-5-12-36-3;2*1-2/h16,20,22-23,29H,4-15,17-19H2,1-3H3;2*1-2H3. The van der Waals surface area contributed by atoms with Gasteiger partial charge in [0.25, 0.3) is 5.91 Å². The minimum absolute atomic E-state index is 0.0334. The Kier molecular flexibility index (Phi) is 15.6. The molecule has 3 aliphatic rings. The second-order valence-corrected chi connectivity index (χ2v) is 11.1. The van der Waals surface area contributed by atoms with Crippen molar-refractivity contribution in [3.63, 3.8) is 0 Å². The zero-order chi connectivity index (χ0) is 30.4. The third-order valence-electron chi connectivity index (χ3n) is 7.75. The lowest BCUT2D eigenvalue weighted by molar-refractivity contribution is -0.140. The van der Waals surface area contributed by atoms with Crippen LogP contribution >= 0.6 is 0 Å². The molecule has 41 heavy (non-hydrogen) atoms. The van der Waals surface area contributed by atoms with Gasteiger partial charge in [-0.05, 0) is 49.7 Å². The zero-order valence-corrected chi connectivity index (χ0v) is 26.8. The minimum Gasteiger partial charge on any atom is -0.385 e. The van der Waals surface area contributed by atoms with Crippen LogP contribution in [0.4, 0.5) is 0 Å². The summed E-state index contributed by atoms with van der Waals surface area (Å²) in [5.74, 6) is 0.377. The lowest BCUT2D eigenvalue weighted by atomic mass is 9.92. The van der Waals surface area contributed by atoms with Gasteiger partial charge in [0.2, 0.25) is 5.91 Å². The summed E-state index contributed by atoms with van der Waals surface area (Å²) in [6, 6.07) is 1.88. The molecule has 2 aliphatic heterocycles. The minimum atomic E-state index is -0.157. The van der Waals surface area contributed by atoms with Crippen LogP contribution in [0.2, 0.25) is 0 Å². The molecule has 2 unspecified atom stereocenters. The highest BCUT2D eigenvalue weighted by Crippen LogP contribution is 2.29. The van der Waals surface area contributed by atoms with Gasteiger partial charge in [0.1, 0.15) is 5.69 Å². The summed E-state index contributed by atoms with van der Waals surface area (Å²) in [6.07, 6.45) is 4.57. The molecule has 9 nitrogen and oxygen atoms in total. The summed E-state index contributed by atoms with van der Waals surface area (Å²) in [5, 5.41) is 3.44. The van der Waals surface area contributed by atoms with E-state index >= 15 is 0 Å². The summed E-state index contributed by atoms with van der Waals surface area (Å²) in [6.45, 7) is 17.8. The van der Waals surface area contributed by atoms with Crippen LogP contribution in [0.5, 0.6) is 0 Å². The number of ketones is 1. The van der Waals surface area contributed by atoms with Gasteiger partial charge < -0.3 is 29.2 Å². The predicted octanol–water partition coefficient (Wildman–Crippen LogP) is 4.42. The topological polar surface area (TPSA) is 93.1 Å². The molecule has 2 atom stereocenters. The van der Waals surface area contributed by atoms with E-state index in [0.29, 0.717) is 77.6 Å². The molecule has 1 N–H and O–H groups in total. The molecule has 9 heteroatoms. The molecule has 1 aromatic heterocycles. The number of carbonyl (C=O) groups is 3. The lowest BCUT2D eigenvalue weighted by Gasteiger charge is -2.40. The number of carbonyl (C=O) groups excluding carboxylic acids is 3. The molecule has 0 saturated carbocycles. The quantitative estimate of drug-likeness (QED) is 0.415. The molecule has 2 amide bonds. The number of fused-ring (bicyclic) bond motifs is 1. The number of aromatic nitrogens is 1. The van der Waals surface area contributed by atoms with E-state index in [1.54, 1.807) is 7.11 Å². The number of morpholine rings is 1. The maximum Gasteiger partial charge on any atom is 0.270 e. The van der Waals surface area contributed by atoms with Crippen LogP contribution < -0.4 is 5.32 Å². The van der Waals surface area contributed by atoms with Crippen LogP contribution in [0.25, 0.3) is 0 Å². The molecule has 0 spiro atoms. The van der Waals surface area contributed by atoms with E-state index < -0.39 is 0 Å². The molecule has 0 aromatic carbocycles. The Bertz CT molecular complexity index is 954. The summed E-state index contributed by atoms with van der Waals surface area (Å²) in [7, 11) is 1.69. The molecule has 1 aromatic rings. The monoisotopic (exact) mass is 576 g/mol. The van der Waals surface area contributed by atoms with E-state index in [-0.39, 0.29) is 35.5 Å². The van der Waals surface area contributed by atoms with Crippen LogP contribution in [0.3, 0.4) is 0 Å². The number of ether oxygens (including phenoxy) is 2. The number of methoxy groups -OCH3 is 1. The number of hydrogen-bond acceptors (Lipinski definition) is 6. The Morgan fingerprint density at radius 1 is 1.10 bits per heavy atom. The fourth-order valence-corrected chi connectivity index (χ4v) is 5.93. The molecular formula is C32H56N4O5. The Hall–Kier alpha value is -2.23. The SMILES string of the molecule is CC.CC.COCCCCn1c(C(=O)N(CC(C)C)C2CNCC(C(=O)N3CCOCC3)C2)cc2c1C(=O)CCC2. The fraction of sp³-hybridized carbons (Fsp3) is 0.781. The third kappa shape index (κ3) is 9.38. The first-order valence-electron chi connectivity index (χ1n) is 16.0. The van der Waals surface area contributed by atoms with Gasteiger partial charge in [-0.25, -0.2) is 0 Å². The molecule has 2 fully saturated rings. The smallest absolute Gasteiger partial charge is 0.270 e. The highest BCUT2D eigenvalue weighted by atomic mass is 16.5. The zero-order valence-electron chi connectivity index (χ0n) is 26.8. The number of aryl methyl sites for hydroxylation is 1. The van der Waals surface area contributed by atoms with Crippen molar-refractivity contribution in [2.45, 2.75) is 92.7 Å². The van der Waals surface area contributed by atoms with Crippen molar-refractivity contribution in [3.05, 3.63) is 23.0 Å². The Labute approximate surface area is 248 Å². The molecule has 0 radical (unpaired) electrons. The molecule has 4 rings (SSSR count). The van der Waals surface area contributed by atoms with E-state index in [0.717, 1.165) is 36.9 Å². The number of unbranched alkanes of at least 4 members (excludes halogenated alkanes) is 1. The Balaban J connectivity index is 0.00000141. The number of rotatable bonds is 10. The maximum atomic E-state index is 14.2. The number of piperidine rings is 1. The predicted molar refractivity (Wildman–Crippen MR) is 164 cm³/mol. The van der Waals surface area contributed by atoms with Gasteiger partial charge >= 0.3 is 0 Å². The first-order valence-corrected chi connectivity index (χ1v) is 16.0. The van der Waals surface area contributed by atoms with Crippen molar-refractivity contribution in [2.24, 2.45) is 11.8 Å². The largest absolute Gasteiger partial charge is 0.385 e. The van der Waals surface area contributed by atoms with Gasteiger partial charge in [-0.2, -0.15) is 0 Å². The molecule has 3 heterocycles. The number of nitrogens with zero attached hydrogens (tertiary/aromatic N) is 3. The lowest BCUT2D eigenvalue weighted by Crippen LogP contribution is -2.56. The second-order valence-electron chi connectivity index (χ2n) is 11.1. The van der Waals surface area contributed by atoms with Crippen LogP contribution in [0.15, 0.2) is 6.07 Å². The van der Waals surface area contributed by atoms with Crippen molar-refractivity contribution < 1.29 is 23.9 Å². The average Bonchev–Trinajstić information content (AvgIpc) is 3.39. The first kappa shape index (κ1) is 35.0. The van der Waals surface area contributed by atoms with E-state index in [2.05, 4.69) is 19.2 Å². The van der Waals surface area contributed by atoms with E-state index in [1.165, 1.54) is 0 Å². The van der Waals surface area contributed by atoms with Gasteiger partial charge in [0.15, 0.2) is 5.78 Å². The summed E-state index contributed by atoms with van der Waals surface area (Å²) >= 11 is 0. The van der Waals surface area contributed by atoms with Gasteiger partial charge in [-0.3, -0.25) is 14.4 Å². The summed E-state index contributed by atoms with van der Waals surface area (Å²) in [5.41, 5.74) is 2.33. The average molecular weight is 577 g/mol. The van der Waals surface area contributed by atoms with E-state index in [9.17, 15) is 14.4 Å². The van der Waals surface area contributed by atoms with E-state index in [4.69, 9.17) is 9.47 Å².